The standard InChI is InChI=1S/C19H23NO3/c1-21-19-13-17(14-20-9-11-22-12-10-20)7-8-18(19)23-15-16-5-3-2-4-6-16/h2-8,13H,9-12,14-15H2,1H3. The number of ether oxygens (including phenoxy) is 3. The second kappa shape index (κ2) is 7.99. The summed E-state index contributed by atoms with van der Waals surface area (Å²) in [5.74, 6) is 1.56. The molecule has 0 N–H and O–H groups in total. The Morgan fingerprint density at radius 2 is 1.74 bits per heavy atom. The van der Waals surface area contributed by atoms with Crippen LogP contribution in [0.25, 0.3) is 0 Å². The first-order valence-electron chi connectivity index (χ1n) is 7.99. The van der Waals surface area contributed by atoms with E-state index in [1.807, 2.05) is 24.3 Å². The first-order valence-corrected chi connectivity index (χ1v) is 7.99. The van der Waals surface area contributed by atoms with Crippen molar-refractivity contribution in [2.75, 3.05) is 33.4 Å². The molecule has 0 spiro atoms. The molecule has 2 aromatic carbocycles. The maximum absolute atomic E-state index is 5.90. The molecule has 0 amide bonds. The average molecular weight is 313 g/mol. The van der Waals surface area contributed by atoms with Crippen LogP contribution in [0.3, 0.4) is 0 Å². The highest BCUT2D eigenvalue weighted by atomic mass is 16.5. The van der Waals surface area contributed by atoms with Crippen LogP contribution in [0.15, 0.2) is 48.5 Å². The molecular weight excluding hydrogens is 290 g/mol. The van der Waals surface area contributed by atoms with Crippen molar-refractivity contribution in [2.24, 2.45) is 0 Å². The van der Waals surface area contributed by atoms with Crippen molar-refractivity contribution in [3.63, 3.8) is 0 Å². The Bertz CT molecular complexity index is 609. The predicted octanol–water partition coefficient (Wildman–Crippen LogP) is 3.11. The van der Waals surface area contributed by atoms with Crippen LogP contribution in [0.4, 0.5) is 0 Å². The Labute approximate surface area is 137 Å². The van der Waals surface area contributed by atoms with E-state index in [1.165, 1.54) is 5.56 Å². The molecular formula is C19H23NO3. The van der Waals surface area contributed by atoms with Gasteiger partial charge in [-0.05, 0) is 23.3 Å². The van der Waals surface area contributed by atoms with Gasteiger partial charge in [-0.1, -0.05) is 36.4 Å². The number of hydrogen-bond acceptors (Lipinski definition) is 4. The summed E-state index contributed by atoms with van der Waals surface area (Å²) in [6, 6.07) is 16.3. The highest BCUT2D eigenvalue weighted by Gasteiger charge is 2.12. The second-order valence-electron chi connectivity index (χ2n) is 5.65. The topological polar surface area (TPSA) is 30.9 Å². The monoisotopic (exact) mass is 313 g/mol. The van der Waals surface area contributed by atoms with Crippen molar-refractivity contribution < 1.29 is 14.2 Å². The number of benzene rings is 2. The summed E-state index contributed by atoms with van der Waals surface area (Å²) in [4.78, 5) is 2.39. The summed E-state index contributed by atoms with van der Waals surface area (Å²) in [5, 5.41) is 0. The van der Waals surface area contributed by atoms with Gasteiger partial charge in [-0.25, -0.2) is 0 Å². The van der Waals surface area contributed by atoms with E-state index in [2.05, 4.69) is 29.2 Å². The number of rotatable bonds is 6. The number of hydrogen-bond donors (Lipinski definition) is 0. The van der Waals surface area contributed by atoms with Gasteiger partial charge in [0.15, 0.2) is 11.5 Å². The minimum atomic E-state index is 0.542. The van der Waals surface area contributed by atoms with Crippen LogP contribution in [0.1, 0.15) is 11.1 Å². The molecule has 3 rings (SSSR count). The van der Waals surface area contributed by atoms with Crippen LogP contribution in [-0.2, 0) is 17.9 Å². The summed E-state index contributed by atoms with van der Waals surface area (Å²) in [7, 11) is 1.68. The lowest BCUT2D eigenvalue weighted by molar-refractivity contribution is 0.0341. The van der Waals surface area contributed by atoms with Crippen LogP contribution >= 0.6 is 0 Å². The number of methoxy groups -OCH3 is 1. The average Bonchev–Trinajstić information content (AvgIpc) is 2.62. The lowest BCUT2D eigenvalue weighted by Crippen LogP contribution is -2.35. The molecule has 1 saturated heterocycles. The molecule has 0 aliphatic carbocycles. The Morgan fingerprint density at radius 1 is 0.957 bits per heavy atom. The zero-order valence-electron chi connectivity index (χ0n) is 13.5. The molecule has 4 nitrogen and oxygen atoms in total. The third-order valence-electron chi connectivity index (χ3n) is 3.98. The van der Waals surface area contributed by atoms with Crippen molar-refractivity contribution >= 4 is 0 Å². The minimum Gasteiger partial charge on any atom is -0.493 e. The molecule has 122 valence electrons. The zero-order valence-corrected chi connectivity index (χ0v) is 13.5. The summed E-state index contributed by atoms with van der Waals surface area (Å²) in [6.07, 6.45) is 0. The van der Waals surface area contributed by atoms with Gasteiger partial charge < -0.3 is 14.2 Å². The Morgan fingerprint density at radius 3 is 2.48 bits per heavy atom. The van der Waals surface area contributed by atoms with E-state index >= 15 is 0 Å². The molecule has 4 heteroatoms. The van der Waals surface area contributed by atoms with Crippen molar-refractivity contribution in [1.29, 1.82) is 0 Å². The van der Waals surface area contributed by atoms with Gasteiger partial charge in [0.05, 0.1) is 20.3 Å². The van der Waals surface area contributed by atoms with E-state index in [-0.39, 0.29) is 0 Å². The van der Waals surface area contributed by atoms with Crippen molar-refractivity contribution in [1.82, 2.24) is 4.90 Å². The molecule has 1 heterocycles. The van der Waals surface area contributed by atoms with Crippen LogP contribution in [-0.4, -0.2) is 38.3 Å². The first-order chi connectivity index (χ1) is 11.3. The second-order valence-corrected chi connectivity index (χ2v) is 5.65. The van der Waals surface area contributed by atoms with Gasteiger partial charge in [0, 0.05) is 19.6 Å². The third kappa shape index (κ3) is 4.47. The predicted molar refractivity (Wildman–Crippen MR) is 89.9 cm³/mol. The largest absolute Gasteiger partial charge is 0.493 e. The summed E-state index contributed by atoms with van der Waals surface area (Å²) in [5.41, 5.74) is 2.38. The van der Waals surface area contributed by atoms with Crippen LogP contribution in [0, 0.1) is 0 Å². The molecule has 0 unspecified atom stereocenters. The fourth-order valence-electron chi connectivity index (χ4n) is 2.68. The van der Waals surface area contributed by atoms with Gasteiger partial charge >= 0.3 is 0 Å². The molecule has 0 aromatic heterocycles. The SMILES string of the molecule is COc1cc(CN2CCOCC2)ccc1OCc1ccccc1. The van der Waals surface area contributed by atoms with E-state index in [0.717, 1.165) is 49.9 Å². The normalized spacial score (nSPS) is 15.3. The maximum atomic E-state index is 5.90. The molecule has 0 radical (unpaired) electrons. The summed E-state index contributed by atoms with van der Waals surface area (Å²) >= 11 is 0. The quantitative estimate of drug-likeness (QED) is 0.820. The smallest absolute Gasteiger partial charge is 0.161 e. The van der Waals surface area contributed by atoms with Gasteiger partial charge in [-0.3, -0.25) is 4.90 Å². The Kier molecular flexibility index (Phi) is 5.51. The molecule has 0 bridgehead atoms. The summed E-state index contributed by atoms with van der Waals surface area (Å²) < 4.78 is 16.8. The Hall–Kier alpha value is -2.04. The van der Waals surface area contributed by atoms with Crippen LogP contribution in [0.5, 0.6) is 11.5 Å². The van der Waals surface area contributed by atoms with E-state index in [1.54, 1.807) is 7.11 Å². The van der Waals surface area contributed by atoms with Gasteiger partial charge in [0.2, 0.25) is 0 Å². The number of morpholine rings is 1. The highest BCUT2D eigenvalue weighted by Crippen LogP contribution is 2.29. The van der Waals surface area contributed by atoms with Gasteiger partial charge in [0.1, 0.15) is 6.61 Å². The zero-order chi connectivity index (χ0) is 15.9. The van der Waals surface area contributed by atoms with Gasteiger partial charge in [-0.15, -0.1) is 0 Å². The minimum absolute atomic E-state index is 0.542. The van der Waals surface area contributed by atoms with E-state index in [4.69, 9.17) is 14.2 Å². The Balaban J connectivity index is 1.64. The first kappa shape index (κ1) is 15.8. The van der Waals surface area contributed by atoms with E-state index in [0.29, 0.717) is 6.61 Å². The molecule has 2 aromatic rings. The molecule has 1 aliphatic rings. The van der Waals surface area contributed by atoms with Crippen LogP contribution in [0.2, 0.25) is 0 Å². The fraction of sp³-hybridized carbons (Fsp3) is 0.368. The molecule has 0 saturated carbocycles. The van der Waals surface area contributed by atoms with Crippen molar-refractivity contribution in [3.8, 4) is 11.5 Å². The third-order valence-corrected chi connectivity index (χ3v) is 3.98. The van der Waals surface area contributed by atoms with E-state index in [9.17, 15) is 0 Å². The highest BCUT2D eigenvalue weighted by molar-refractivity contribution is 5.43. The van der Waals surface area contributed by atoms with Crippen molar-refractivity contribution in [2.45, 2.75) is 13.2 Å². The van der Waals surface area contributed by atoms with E-state index < -0.39 is 0 Å². The maximum Gasteiger partial charge on any atom is 0.161 e. The van der Waals surface area contributed by atoms with Crippen molar-refractivity contribution in [3.05, 3.63) is 59.7 Å². The lowest BCUT2D eigenvalue weighted by atomic mass is 10.1. The number of nitrogens with zero attached hydrogens (tertiary/aromatic N) is 1. The van der Waals surface area contributed by atoms with Gasteiger partial charge in [-0.2, -0.15) is 0 Å². The molecule has 23 heavy (non-hydrogen) atoms. The van der Waals surface area contributed by atoms with Crippen LogP contribution < -0.4 is 9.47 Å². The van der Waals surface area contributed by atoms with Gasteiger partial charge in [0.25, 0.3) is 0 Å². The lowest BCUT2D eigenvalue weighted by Gasteiger charge is -2.26. The fourth-order valence-corrected chi connectivity index (χ4v) is 2.68. The molecule has 1 fully saturated rings. The summed E-state index contributed by atoms with van der Waals surface area (Å²) in [6.45, 7) is 5.05. The molecule has 1 aliphatic heterocycles. The molecule has 0 atom stereocenters.